The van der Waals surface area contributed by atoms with Crippen LogP contribution in [0.5, 0.6) is 5.75 Å². The van der Waals surface area contributed by atoms with Crippen LogP contribution in [-0.4, -0.2) is 6.61 Å². The lowest BCUT2D eigenvalue weighted by atomic mass is 10.2. The molecule has 0 N–H and O–H groups in total. The lowest BCUT2D eigenvalue weighted by molar-refractivity contribution is -0.0502. The maximum Gasteiger partial charge on any atom is 0.387 e. The molecule has 0 amide bonds. The molecule has 72 valence electrons. The van der Waals surface area contributed by atoms with Crippen molar-refractivity contribution in [2.75, 3.05) is 0 Å². The van der Waals surface area contributed by atoms with Crippen molar-refractivity contribution in [3.63, 3.8) is 0 Å². The van der Waals surface area contributed by atoms with E-state index >= 15 is 0 Å². The maximum absolute atomic E-state index is 12.6. The molecule has 0 saturated carbocycles. The molecule has 1 rings (SSSR count). The van der Waals surface area contributed by atoms with Crippen molar-refractivity contribution >= 4 is 11.6 Å². The fourth-order valence-electron chi connectivity index (χ4n) is 0.927. The zero-order valence-electron chi connectivity index (χ0n) is 6.65. The molecule has 0 aliphatic carbocycles. The van der Waals surface area contributed by atoms with Gasteiger partial charge in [0.15, 0.2) is 0 Å². The summed E-state index contributed by atoms with van der Waals surface area (Å²) >= 11 is 5.48. The summed E-state index contributed by atoms with van der Waals surface area (Å²) in [6.07, 6.45) is 0. The summed E-state index contributed by atoms with van der Waals surface area (Å²) in [7, 11) is 0. The number of rotatable bonds is 2. The topological polar surface area (TPSA) is 9.23 Å². The van der Waals surface area contributed by atoms with Crippen LogP contribution in [0.15, 0.2) is 12.1 Å². The Morgan fingerprint density at radius 2 is 2.00 bits per heavy atom. The number of aryl methyl sites for hydroxylation is 1. The van der Waals surface area contributed by atoms with E-state index in [1.165, 1.54) is 6.92 Å². The highest BCUT2D eigenvalue weighted by Gasteiger charge is 2.12. The largest absolute Gasteiger partial charge is 0.433 e. The molecule has 0 spiro atoms. The summed E-state index contributed by atoms with van der Waals surface area (Å²) in [6, 6.07) is 2.00. The van der Waals surface area contributed by atoms with E-state index in [1.54, 1.807) is 0 Å². The van der Waals surface area contributed by atoms with Crippen LogP contribution in [0.25, 0.3) is 0 Å². The molecule has 5 heteroatoms. The van der Waals surface area contributed by atoms with Gasteiger partial charge in [0.1, 0.15) is 11.6 Å². The highest BCUT2D eigenvalue weighted by Crippen LogP contribution is 2.30. The summed E-state index contributed by atoms with van der Waals surface area (Å²) in [4.78, 5) is 0. The first-order valence-electron chi connectivity index (χ1n) is 3.41. The average molecular weight is 211 g/mol. The third kappa shape index (κ3) is 2.52. The van der Waals surface area contributed by atoms with Crippen LogP contribution >= 0.6 is 11.6 Å². The van der Waals surface area contributed by atoms with Gasteiger partial charge in [-0.05, 0) is 24.6 Å². The minimum absolute atomic E-state index is 0.155. The quantitative estimate of drug-likeness (QED) is 0.727. The van der Waals surface area contributed by atoms with Crippen LogP contribution < -0.4 is 4.74 Å². The summed E-state index contributed by atoms with van der Waals surface area (Å²) in [5, 5.41) is -0.155. The van der Waals surface area contributed by atoms with Crippen molar-refractivity contribution in [2.45, 2.75) is 13.5 Å². The number of alkyl halides is 2. The van der Waals surface area contributed by atoms with Gasteiger partial charge < -0.3 is 4.74 Å². The molecule has 0 radical (unpaired) electrons. The molecule has 0 bridgehead atoms. The third-order valence-electron chi connectivity index (χ3n) is 1.40. The molecular weight excluding hydrogens is 205 g/mol. The maximum atomic E-state index is 12.6. The van der Waals surface area contributed by atoms with Gasteiger partial charge in [-0.15, -0.1) is 0 Å². The van der Waals surface area contributed by atoms with Gasteiger partial charge in [0.2, 0.25) is 0 Å². The SMILES string of the molecule is Cc1cc(F)cc(Cl)c1OC(F)F. The molecule has 0 unspecified atom stereocenters. The first-order valence-corrected chi connectivity index (χ1v) is 3.79. The second-order valence-corrected chi connectivity index (χ2v) is 2.82. The van der Waals surface area contributed by atoms with E-state index in [-0.39, 0.29) is 16.3 Å². The van der Waals surface area contributed by atoms with Crippen LogP contribution in [0, 0.1) is 12.7 Å². The van der Waals surface area contributed by atoms with E-state index in [0.717, 1.165) is 12.1 Å². The summed E-state index contributed by atoms with van der Waals surface area (Å²) in [5.41, 5.74) is 0.241. The summed E-state index contributed by atoms with van der Waals surface area (Å²) in [6.45, 7) is -1.52. The number of ether oxygens (including phenoxy) is 1. The van der Waals surface area contributed by atoms with Crippen LogP contribution in [0.3, 0.4) is 0 Å². The number of hydrogen-bond acceptors (Lipinski definition) is 1. The zero-order chi connectivity index (χ0) is 10.0. The van der Waals surface area contributed by atoms with E-state index < -0.39 is 12.4 Å². The highest BCUT2D eigenvalue weighted by atomic mass is 35.5. The van der Waals surface area contributed by atoms with E-state index in [2.05, 4.69) is 4.74 Å². The van der Waals surface area contributed by atoms with Gasteiger partial charge >= 0.3 is 6.61 Å². The molecule has 0 heterocycles. The number of benzene rings is 1. The van der Waals surface area contributed by atoms with Crippen molar-refractivity contribution < 1.29 is 17.9 Å². The Bertz CT molecular complexity index is 291. The van der Waals surface area contributed by atoms with Gasteiger partial charge in [-0.25, -0.2) is 4.39 Å². The first-order chi connectivity index (χ1) is 6.00. The molecule has 0 saturated heterocycles. The van der Waals surface area contributed by atoms with Gasteiger partial charge in [0.05, 0.1) is 5.02 Å². The van der Waals surface area contributed by atoms with Crippen LogP contribution in [-0.2, 0) is 0 Å². The predicted octanol–water partition coefficient (Wildman–Crippen LogP) is 3.39. The minimum atomic E-state index is -2.96. The molecule has 0 fully saturated rings. The Hall–Kier alpha value is -0.900. The Balaban J connectivity index is 3.06. The molecule has 0 atom stereocenters. The molecule has 1 nitrogen and oxygen atoms in total. The Labute approximate surface area is 78.1 Å². The Kier molecular flexibility index (Phi) is 3.03. The lowest BCUT2D eigenvalue weighted by Gasteiger charge is -2.09. The average Bonchev–Trinajstić information content (AvgIpc) is 1.96. The predicted molar refractivity (Wildman–Crippen MR) is 42.8 cm³/mol. The lowest BCUT2D eigenvalue weighted by Crippen LogP contribution is -2.04. The number of hydrogen-bond donors (Lipinski definition) is 0. The smallest absolute Gasteiger partial charge is 0.387 e. The van der Waals surface area contributed by atoms with Gasteiger partial charge in [0.25, 0.3) is 0 Å². The first kappa shape index (κ1) is 10.2. The normalized spacial score (nSPS) is 10.6. The van der Waals surface area contributed by atoms with Gasteiger partial charge in [-0.2, -0.15) is 8.78 Å². The Morgan fingerprint density at radius 1 is 1.38 bits per heavy atom. The fraction of sp³-hybridized carbons (Fsp3) is 0.250. The Morgan fingerprint density at radius 3 is 2.46 bits per heavy atom. The second kappa shape index (κ2) is 3.87. The summed E-state index contributed by atoms with van der Waals surface area (Å²) < 4.78 is 40.3. The highest BCUT2D eigenvalue weighted by molar-refractivity contribution is 6.32. The molecule has 0 aromatic heterocycles. The van der Waals surface area contributed by atoms with Gasteiger partial charge in [0, 0.05) is 0 Å². The van der Waals surface area contributed by atoms with Crippen molar-refractivity contribution in [1.82, 2.24) is 0 Å². The molecule has 0 aliphatic heterocycles. The van der Waals surface area contributed by atoms with Gasteiger partial charge in [-0.3, -0.25) is 0 Å². The van der Waals surface area contributed by atoms with Crippen molar-refractivity contribution in [3.8, 4) is 5.75 Å². The molecule has 1 aromatic carbocycles. The second-order valence-electron chi connectivity index (χ2n) is 2.41. The van der Waals surface area contributed by atoms with Crippen LogP contribution in [0.2, 0.25) is 5.02 Å². The molecule has 1 aromatic rings. The van der Waals surface area contributed by atoms with E-state index in [4.69, 9.17) is 11.6 Å². The standard InChI is InChI=1S/C8H6ClF3O/c1-4-2-5(10)3-6(9)7(4)13-8(11)12/h2-3,8H,1H3. The van der Waals surface area contributed by atoms with E-state index in [0.29, 0.717) is 0 Å². The summed E-state index contributed by atoms with van der Waals surface area (Å²) in [5.74, 6) is -0.762. The van der Waals surface area contributed by atoms with Crippen molar-refractivity contribution in [3.05, 3.63) is 28.5 Å². The van der Waals surface area contributed by atoms with Crippen molar-refractivity contribution in [1.29, 1.82) is 0 Å². The molecule has 13 heavy (non-hydrogen) atoms. The monoisotopic (exact) mass is 210 g/mol. The van der Waals surface area contributed by atoms with Gasteiger partial charge in [-0.1, -0.05) is 11.6 Å². The molecule has 0 aliphatic rings. The minimum Gasteiger partial charge on any atom is -0.433 e. The van der Waals surface area contributed by atoms with E-state index in [9.17, 15) is 13.2 Å². The van der Waals surface area contributed by atoms with Crippen LogP contribution in [0.1, 0.15) is 5.56 Å². The van der Waals surface area contributed by atoms with Crippen LogP contribution in [0.4, 0.5) is 13.2 Å². The zero-order valence-corrected chi connectivity index (χ0v) is 7.41. The molecular formula is C8H6ClF3O. The van der Waals surface area contributed by atoms with Crippen molar-refractivity contribution in [2.24, 2.45) is 0 Å². The fourth-order valence-corrected chi connectivity index (χ4v) is 1.23. The van der Waals surface area contributed by atoms with E-state index in [1.807, 2.05) is 0 Å². The number of halogens is 4. The third-order valence-corrected chi connectivity index (χ3v) is 1.68.